The number of halogens is 3. The molecule has 1 aromatic rings. The average molecular weight is 280 g/mol. The molecule has 0 unspecified atom stereocenters. The van der Waals surface area contributed by atoms with Gasteiger partial charge >= 0.3 is 0 Å². The molecular formula is C11H15F3O3Si. The first-order valence-electron chi connectivity index (χ1n) is 5.56. The molecule has 0 N–H and O–H groups in total. The monoisotopic (exact) mass is 280 g/mol. The highest BCUT2D eigenvalue weighted by Gasteiger charge is 2.14. The van der Waals surface area contributed by atoms with Crippen LogP contribution < -0.4 is 5.19 Å². The van der Waals surface area contributed by atoms with Crippen LogP contribution in [-0.2, 0) is 13.9 Å². The van der Waals surface area contributed by atoms with Crippen molar-refractivity contribution in [1.29, 1.82) is 0 Å². The normalized spacial score (nSPS) is 11.9. The predicted octanol–water partition coefficient (Wildman–Crippen LogP) is 1.19. The van der Waals surface area contributed by atoms with Gasteiger partial charge in [-0.1, -0.05) is 0 Å². The molecule has 0 saturated carbocycles. The Morgan fingerprint density at radius 2 is 1.56 bits per heavy atom. The van der Waals surface area contributed by atoms with Crippen LogP contribution >= 0.6 is 0 Å². The van der Waals surface area contributed by atoms with Crippen LogP contribution in [-0.4, -0.2) is 29.5 Å². The third-order valence-corrected chi connectivity index (χ3v) is 3.36. The van der Waals surface area contributed by atoms with Crippen LogP contribution in [0.1, 0.15) is 13.8 Å². The third kappa shape index (κ3) is 4.41. The second-order valence-electron chi connectivity index (χ2n) is 3.37. The molecule has 0 heterocycles. The molecule has 0 aliphatic carbocycles. The first-order chi connectivity index (χ1) is 8.58. The van der Waals surface area contributed by atoms with Crippen molar-refractivity contribution in [2.75, 3.05) is 13.2 Å². The molecule has 0 bridgehead atoms. The summed E-state index contributed by atoms with van der Waals surface area (Å²) in [6.45, 7) is 3.38. The van der Waals surface area contributed by atoms with Gasteiger partial charge in [0.05, 0.1) is 0 Å². The molecule has 0 atom stereocenters. The summed E-state index contributed by atoms with van der Waals surface area (Å²) in [6.07, 6.45) is 0. The van der Waals surface area contributed by atoms with Crippen molar-refractivity contribution in [2.45, 2.75) is 20.3 Å². The van der Waals surface area contributed by atoms with Gasteiger partial charge in [0.2, 0.25) is 9.76 Å². The van der Waals surface area contributed by atoms with Gasteiger partial charge in [-0.05, 0) is 19.9 Å². The minimum Gasteiger partial charge on any atom is -0.373 e. The van der Waals surface area contributed by atoms with Crippen molar-refractivity contribution in [3.8, 4) is 0 Å². The molecule has 102 valence electrons. The van der Waals surface area contributed by atoms with E-state index in [9.17, 15) is 13.2 Å². The van der Waals surface area contributed by atoms with Crippen LogP contribution in [0.3, 0.4) is 0 Å². The van der Waals surface area contributed by atoms with E-state index in [2.05, 4.69) is 0 Å². The Bertz CT molecular complexity index is 384. The Morgan fingerprint density at radius 1 is 1.00 bits per heavy atom. The third-order valence-electron chi connectivity index (χ3n) is 2.07. The summed E-state index contributed by atoms with van der Waals surface area (Å²) in [6, 6.07) is 1.32. The van der Waals surface area contributed by atoms with E-state index in [0.717, 1.165) is 6.07 Å². The molecule has 0 aliphatic rings. The van der Waals surface area contributed by atoms with E-state index in [1.165, 1.54) is 0 Å². The molecule has 1 rings (SSSR count). The topological polar surface area (TPSA) is 27.7 Å². The van der Waals surface area contributed by atoms with Crippen molar-refractivity contribution >= 4 is 14.9 Å². The van der Waals surface area contributed by atoms with Crippen molar-refractivity contribution in [1.82, 2.24) is 0 Å². The van der Waals surface area contributed by atoms with Gasteiger partial charge in [0.25, 0.3) is 6.48 Å². The maximum Gasteiger partial charge on any atom is 0.261 e. The van der Waals surface area contributed by atoms with Gasteiger partial charge < -0.3 is 13.9 Å². The largest absolute Gasteiger partial charge is 0.373 e. The zero-order valence-corrected chi connectivity index (χ0v) is 11.6. The molecule has 0 radical (unpaired) electrons. The van der Waals surface area contributed by atoms with Crippen molar-refractivity contribution < 1.29 is 27.1 Å². The maximum absolute atomic E-state index is 13.3. The van der Waals surface area contributed by atoms with Crippen LogP contribution in [0, 0.1) is 17.5 Å². The molecule has 0 spiro atoms. The summed E-state index contributed by atoms with van der Waals surface area (Å²) in [5.41, 5.74) is 0. The molecule has 1 aromatic carbocycles. The van der Waals surface area contributed by atoms with E-state index < -0.39 is 33.7 Å². The van der Waals surface area contributed by atoms with E-state index in [1.54, 1.807) is 13.8 Å². The Labute approximate surface area is 106 Å². The lowest BCUT2D eigenvalue weighted by atomic mass is 10.3. The van der Waals surface area contributed by atoms with Crippen molar-refractivity contribution in [3.05, 3.63) is 29.6 Å². The van der Waals surface area contributed by atoms with E-state index in [1.807, 2.05) is 0 Å². The fourth-order valence-corrected chi connectivity index (χ4v) is 2.26. The Hall–Kier alpha value is -0.893. The van der Waals surface area contributed by atoms with Crippen molar-refractivity contribution in [2.24, 2.45) is 0 Å². The molecule has 7 heteroatoms. The minimum absolute atomic E-state index is 0.0401. The lowest BCUT2D eigenvalue weighted by Gasteiger charge is -2.17. The second kappa shape index (κ2) is 7.52. The van der Waals surface area contributed by atoms with Gasteiger partial charge in [0.1, 0.15) is 5.82 Å². The summed E-state index contributed by atoms with van der Waals surface area (Å²) < 4.78 is 54.4. The van der Waals surface area contributed by atoms with Crippen LogP contribution in [0.2, 0.25) is 0 Å². The molecule has 0 saturated heterocycles. The highest BCUT2D eigenvalue weighted by atomic mass is 28.2. The van der Waals surface area contributed by atoms with Crippen LogP contribution in [0.15, 0.2) is 12.1 Å². The Balaban J connectivity index is 2.64. The second-order valence-corrected chi connectivity index (χ2v) is 4.75. The molecule has 0 aromatic heterocycles. The Morgan fingerprint density at radius 3 is 2.11 bits per heavy atom. The molecule has 18 heavy (non-hydrogen) atoms. The van der Waals surface area contributed by atoms with Gasteiger partial charge in [0, 0.05) is 24.5 Å². The zero-order chi connectivity index (χ0) is 13.5. The molecule has 0 aliphatic heterocycles. The standard InChI is InChI=1S/C11H15F3O3Si/c1-3-15-11(16-4-2)17-18-10-6-8(13)7(12)5-9(10)14/h5-6,11H,3-4,18H2,1-2H3. The van der Waals surface area contributed by atoms with E-state index in [0.29, 0.717) is 19.3 Å². The summed E-state index contributed by atoms with van der Waals surface area (Å²) in [5.74, 6) is -3.12. The van der Waals surface area contributed by atoms with Crippen LogP contribution in [0.4, 0.5) is 13.2 Å². The van der Waals surface area contributed by atoms with E-state index in [-0.39, 0.29) is 5.19 Å². The fraction of sp³-hybridized carbons (Fsp3) is 0.455. The SMILES string of the molecule is CCOC(OCC)O[SiH2]c1cc(F)c(F)cc1F. The highest BCUT2D eigenvalue weighted by molar-refractivity contribution is 6.47. The summed E-state index contributed by atoms with van der Waals surface area (Å²) >= 11 is 0. The summed E-state index contributed by atoms with van der Waals surface area (Å²) in [5, 5.41) is 0.0401. The molecule has 0 amide bonds. The maximum atomic E-state index is 13.3. The molecule has 3 nitrogen and oxygen atoms in total. The first-order valence-corrected chi connectivity index (χ1v) is 6.85. The average Bonchev–Trinajstić information content (AvgIpc) is 2.32. The minimum atomic E-state index is -1.60. The number of hydrogen-bond donors (Lipinski definition) is 0. The number of rotatable bonds is 7. The van der Waals surface area contributed by atoms with E-state index >= 15 is 0 Å². The van der Waals surface area contributed by atoms with Crippen LogP contribution in [0.25, 0.3) is 0 Å². The Kier molecular flexibility index (Phi) is 6.34. The number of benzene rings is 1. The molecular weight excluding hydrogens is 265 g/mol. The van der Waals surface area contributed by atoms with Gasteiger partial charge in [-0.25, -0.2) is 13.2 Å². The highest BCUT2D eigenvalue weighted by Crippen LogP contribution is 2.06. The molecule has 0 fully saturated rings. The van der Waals surface area contributed by atoms with Crippen molar-refractivity contribution in [3.63, 3.8) is 0 Å². The van der Waals surface area contributed by atoms with Crippen LogP contribution in [0.5, 0.6) is 0 Å². The zero-order valence-electron chi connectivity index (χ0n) is 10.2. The smallest absolute Gasteiger partial charge is 0.261 e. The van der Waals surface area contributed by atoms with Gasteiger partial charge in [0.15, 0.2) is 11.6 Å². The predicted molar refractivity (Wildman–Crippen MR) is 62.6 cm³/mol. The lowest BCUT2D eigenvalue weighted by Crippen LogP contribution is -2.30. The lowest BCUT2D eigenvalue weighted by molar-refractivity contribution is -0.242. The number of ether oxygens (including phenoxy) is 2. The quantitative estimate of drug-likeness (QED) is 0.426. The fourth-order valence-electron chi connectivity index (χ4n) is 1.25. The summed E-state index contributed by atoms with van der Waals surface area (Å²) in [4.78, 5) is 0. The van der Waals surface area contributed by atoms with Gasteiger partial charge in [-0.3, -0.25) is 0 Å². The van der Waals surface area contributed by atoms with Gasteiger partial charge in [-0.15, -0.1) is 0 Å². The van der Waals surface area contributed by atoms with E-state index in [4.69, 9.17) is 13.9 Å². The summed E-state index contributed by atoms with van der Waals surface area (Å²) in [7, 11) is -1.60. The first kappa shape index (κ1) is 15.2. The number of hydrogen-bond acceptors (Lipinski definition) is 3. The van der Waals surface area contributed by atoms with Gasteiger partial charge in [-0.2, -0.15) is 0 Å².